The van der Waals surface area contributed by atoms with Gasteiger partial charge >= 0.3 is 0 Å². The Balaban J connectivity index is 2.32. The van der Waals surface area contributed by atoms with Crippen LogP contribution >= 0.6 is 24.0 Å². The Morgan fingerprint density at radius 2 is 2.22 bits per heavy atom. The summed E-state index contributed by atoms with van der Waals surface area (Å²) in [5, 5.41) is 9.65. The molecule has 0 saturated carbocycles. The molecular weight excluding hydrogens is 270 g/mol. The number of phenols is 1. The standard InChI is InChI=1S/C12H11NO3S2/c1-13-11(15)10(18-12(13)17)6-7-3-4-9(16-2)8(14)5-7/h3-6,14H,1-2H3. The molecule has 0 aromatic heterocycles. The summed E-state index contributed by atoms with van der Waals surface area (Å²) in [5.74, 6) is 0.314. The second-order valence-electron chi connectivity index (χ2n) is 3.67. The quantitative estimate of drug-likeness (QED) is 0.665. The van der Waals surface area contributed by atoms with E-state index in [1.54, 1.807) is 31.3 Å². The van der Waals surface area contributed by atoms with E-state index < -0.39 is 0 Å². The van der Waals surface area contributed by atoms with E-state index in [-0.39, 0.29) is 11.7 Å². The summed E-state index contributed by atoms with van der Waals surface area (Å²) >= 11 is 6.28. The van der Waals surface area contributed by atoms with Gasteiger partial charge in [-0.05, 0) is 23.8 Å². The molecule has 4 nitrogen and oxygen atoms in total. The van der Waals surface area contributed by atoms with Crippen molar-refractivity contribution in [1.29, 1.82) is 0 Å². The maximum Gasteiger partial charge on any atom is 0.265 e. The first-order chi connectivity index (χ1) is 8.52. The SMILES string of the molecule is COc1ccc(C=C2SC(=S)N(C)C2=O)cc1O. The Labute approximate surface area is 114 Å². The van der Waals surface area contributed by atoms with E-state index in [1.165, 1.54) is 23.8 Å². The summed E-state index contributed by atoms with van der Waals surface area (Å²) in [7, 11) is 3.13. The van der Waals surface area contributed by atoms with E-state index in [4.69, 9.17) is 17.0 Å². The third-order valence-corrected chi connectivity index (χ3v) is 3.97. The van der Waals surface area contributed by atoms with Gasteiger partial charge < -0.3 is 9.84 Å². The fourth-order valence-electron chi connectivity index (χ4n) is 1.49. The zero-order valence-electron chi connectivity index (χ0n) is 9.84. The highest BCUT2D eigenvalue weighted by Crippen LogP contribution is 2.33. The number of aromatic hydroxyl groups is 1. The minimum absolute atomic E-state index is 0.0400. The van der Waals surface area contributed by atoms with Crippen LogP contribution in [0.5, 0.6) is 11.5 Å². The zero-order valence-corrected chi connectivity index (χ0v) is 11.5. The third kappa shape index (κ3) is 2.34. The van der Waals surface area contributed by atoms with Crippen molar-refractivity contribution >= 4 is 40.3 Å². The van der Waals surface area contributed by atoms with Gasteiger partial charge in [-0.2, -0.15) is 0 Å². The fourth-order valence-corrected chi connectivity index (χ4v) is 2.67. The van der Waals surface area contributed by atoms with E-state index in [1.807, 2.05) is 0 Å². The Bertz CT molecular complexity index is 554. The van der Waals surface area contributed by atoms with E-state index >= 15 is 0 Å². The van der Waals surface area contributed by atoms with Crippen molar-refractivity contribution in [3.05, 3.63) is 28.7 Å². The number of thioether (sulfide) groups is 1. The van der Waals surface area contributed by atoms with Gasteiger partial charge in [0.1, 0.15) is 4.32 Å². The number of carbonyl (C=O) groups is 1. The number of nitrogens with zero attached hydrogens (tertiary/aromatic N) is 1. The second-order valence-corrected chi connectivity index (χ2v) is 5.35. The van der Waals surface area contributed by atoms with Crippen LogP contribution in [-0.4, -0.2) is 34.4 Å². The van der Waals surface area contributed by atoms with E-state index in [0.717, 1.165) is 5.56 Å². The van der Waals surface area contributed by atoms with Crippen LogP contribution in [0.4, 0.5) is 0 Å². The molecule has 0 atom stereocenters. The molecule has 94 valence electrons. The van der Waals surface area contributed by atoms with Crippen molar-refractivity contribution in [2.45, 2.75) is 0 Å². The summed E-state index contributed by atoms with van der Waals surface area (Å²) in [6.07, 6.45) is 1.70. The number of carbonyl (C=O) groups excluding carboxylic acids is 1. The molecule has 1 amide bonds. The van der Waals surface area contributed by atoms with Crippen LogP contribution in [-0.2, 0) is 4.79 Å². The number of ether oxygens (including phenoxy) is 1. The molecule has 1 heterocycles. The summed E-state index contributed by atoms with van der Waals surface area (Å²) in [4.78, 5) is 13.8. The molecule has 18 heavy (non-hydrogen) atoms. The van der Waals surface area contributed by atoms with Crippen LogP contribution in [0.25, 0.3) is 6.08 Å². The largest absolute Gasteiger partial charge is 0.504 e. The van der Waals surface area contributed by atoms with Gasteiger partial charge in [0.15, 0.2) is 11.5 Å². The number of benzene rings is 1. The lowest BCUT2D eigenvalue weighted by Gasteiger charge is -2.04. The first-order valence-electron chi connectivity index (χ1n) is 5.11. The van der Waals surface area contributed by atoms with E-state index in [9.17, 15) is 9.90 Å². The van der Waals surface area contributed by atoms with Gasteiger partial charge in [0.25, 0.3) is 5.91 Å². The molecule has 6 heteroatoms. The van der Waals surface area contributed by atoms with Gasteiger partial charge in [-0.25, -0.2) is 0 Å². The highest BCUT2D eigenvalue weighted by molar-refractivity contribution is 8.26. The topological polar surface area (TPSA) is 49.8 Å². The molecule has 1 N–H and O–H groups in total. The Morgan fingerprint density at radius 3 is 2.72 bits per heavy atom. The number of likely N-dealkylation sites (N-methyl/N-ethyl adjacent to an activating group) is 1. The van der Waals surface area contributed by atoms with Gasteiger partial charge in [0.2, 0.25) is 0 Å². The van der Waals surface area contributed by atoms with Crippen molar-refractivity contribution in [3.63, 3.8) is 0 Å². The normalized spacial score (nSPS) is 17.7. The Hall–Kier alpha value is -1.53. The molecule has 1 saturated heterocycles. The molecule has 1 aromatic rings. The summed E-state index contributed by atoms with van der Waals surface area (Å²) in [6.45, 7) is 0. The lowest BCUT2D eigenvalue weighted by atomic mass is 10.2. The summed E-state index contributed by atoms with van der Waals surface area (Å²) in [6, 6.07) is 4.95. The van der Waals surface area contributed by atoms with Crippen molar-refractivity contribution in [3.8, 4) is 11.5 Å². The number of methoxy groups -OCH3 is 1. The lowest BCUT2D eigenvalue weighted by Crippen LogP contribution is -2.22. The highest BCUT2D eigenvalue weighted by atomic mass is 32.2. The highest BCUT2D eigenvalue weighted by Gasteiger charge is 2.28. The molecule has 0 radical (unpaired) electrons. The van der Waals surface area contributed by atoms with Gasteiger partial charge in [-0.15, -0.1) is 0 Å². The van der Waals surface area contributed by atoms with Crippen LogP contribution in [0.3, 0.4) is 0 Å². The minimum atomic E-state index is -0.125. The number of hydrogen-bond acceptors (Lipinski definition) is 5. The molecule has 1 aromatic carbocycles. The summed E-state index contributed by atoms with van der Waals surface area (Å²) < 4.78 is 5.48. The fraction of sp³-hybridized carbons (Fsp3) is 0.167. The molecule has 2 rings (SSSR count). The molecule has 1 aliphatic rings. The van der Waals surface area contributed by atoms with Crippen LogP contribution in [0.1, 0.15) is 5.56 Å². The Kier molecular flexibility index (Phi) is 3.58. The van der Waals surface area contributed by atoms with Gasteiger partial charge in [0, 0.05) is 7.05 Å². The number of thiocarbonyl (C=S) groups is 1. The van der Waals surface area contributed by atoms with Crippen molar-refractivity contribution in [2.24, 2.45) is 0 Å². The van der Waals surface area contributed by atoms with Crippen molar-refractivity contribution < 1.29 is 14.6 Å². The van der Waals surface area contributed by atoms with Gasteiger partial charge in [-0.1, -0.05) is 30.0 Å². The summed E-state index contributed by atoms with van der Waals surface area (Å²) in [5.41, 5.74) is 0.724. The number of phenolic OH excluding ortho intramolecular Hbond substituents is 1. The van der Waals surface area contributed by atoms with E-state index in [0.29, 0.717) is 15.0 Å². The minimum Gasteiger partial charge on any atom is -0.504 e. The monoisotopic (exact) mass is 281 g/mol. The van der Waals surface area contributed by atoms with Gasteiger partial charge in [-0.3, -0.25) is 9.69 Å². The average molecular weight is 281 g/mol. The predicted molar refractivity (Wildman–Crippen MR) is 75.6 cm³/mol. The van der Waals surface area contributed by atoms with E-state index in [2.05, 4.69) is 0 Å². The van der Waals surface area contributed by atoms with Crippen LogP contribution in [0.2, 0.25) is 0 Å². The zero-order chi connectivity index (χ0) is 13.3. The van der Waals surface area contributed by atoms with Crippen molar-refractivity contribution in [2.75, 3.05) is 14.2 Å². The van der Waals surface area contributed by atoms with Crippen molar-refractivity contribution in [1.82, 2.24) is 4.90 Å². The molecule has 0 aliphatic carbocycles. The smallest absolute Gasteiger partial charge is 0.265 e. The maximum absolute atomic E-state index is 11.8. The second kappa shape index (κ2) is 4.99. The number of amides is 1. The third-order valence-electron chi connectivity index (χ3n) is 2.49. The average Bonchev–Trinajstić information content (AvgIpc) is 2.57. The lowest BCUT2D eigenvalue weighted by molar-refractivity contribution is -0.121. The Morgan fingerprint density at radius 1 is 1.50 bits per heavy atom. The first-order valence-corrected chi connectivity index (χ1v) is 6.34. The van der Waals surface area contributed by atoms with Crippen LogP contribution < -0.4 is 4.74 Å². The maximum atomic E-state index is 11.8. The van der Waals surface area contributed by atoms with Crippen LogP contribution in [0.15, 0.2) is 23.1 Å². The molecule has 0 spiro atoms. The molecule has 1 aliphatic heterocycles. The van der Waals surface area contributed by atoms with Crippen LogP contribution in [0, 0.1) is 0 Å². The molecule has 1 fully saturated rings. The predicted octanol–water partition coefficient (Wildman–Crippen LogP) is 2.23. The molecule has 0 bridgehead atoms. The number of hydrogen-bond donors (Lipinski definition) is 1. The number of rotatable bonds is 2. The first kappa shape index (κ1) is 12.9. The molecule has 0 unspecified atom stereocenters. The van der Waals surface area contributed by atoms with Gasteiger partial charge in [0.05, 0.1) is 12.0 Å². The molecular formula is C12H11NO3S2.